The molecule has 0 aliphatic rings. The molecule has 2 N–H and O–H groups in total. The second-order valence-corrected chi connectivity index (χ2v) is 6.49. The molecule has 0 saturated carbocycles. The first-order valence-corrected chi connectivity index (χ1v) is 8.53. The van der Waals surface area contributed by atoms with Crippen LogP contribution in [0, 0.1) is 13.8 Å². The van der Waals surface area contributed by atoms with Crippen LogP contribution in [0.2, 0.25) is 0 Å². The maximum atomic E-state index is 11.0. The third-order valence-electron chi connectivity index (χ3n) is 4.26. The smallest absolute Gasteiger partial charge is 0.221 e. The molecule has 1 heterocycles. The van der Waals surface area contributed by atoms with Gasteiger partial charge in [-0.05, 0) is 61.4 Å². The molecule has 6 nitrogen and oxygen atoms in total. The number of nitrogens with one attached hydrogen (secondary N) is 1. The molecule has 0 saturated heterocycles. The Labute approximate surface area is 152 Å². The first-order chi connectivity index (χ1) is 12.4. The lowest BCUT2D eigenvalue weighted by atomic mass is 10.1. The van der Waals surface area contributed by atoms with Gasteiger partial charge in [-0.15, -0.1) is 0 Å². The highest BCUT2D eigenvalue weighted by atomic mass is 16.5. The molecule has 0 spiro atoms. The third-order valence-corrected chi connectivity index (χ3v) is 4.26. The number of imidazole rings is 1. The number of hydrogen-bond donors (Lipinski definition) is 2. The number of benzene rings is 2. The number of carbonyl (C=O) groups is 1. The van der Waals surface area contributed by atoms with Gasteiger partial charge in [-0.3, -0.25) is 4.79 Å². The lowest BCUT2D eigenvalue weighted by molar-refractivity contribution is -0.114. The topological polar surface area (TPSA) is 76.4 Å². The molecular weight excluding hydrogens is 330 g/mol. The van der Waals surface area contributed by atoms with Crippen molar-refractivity contribution < 1.29 is 14.6 Å². The van der Waals surface area contributed by atoms with Gasteiger partial charge in [-0.25, -0.2) is 4.98 Å². The maximum Gasteiger partial charge on any atom is 0.221 e. The van der Waals surface area contributed by atoms with Crippen molar-refractivity contribution in [1.82, 2.24) is 9.55 Å². The van der Waals surface area contributed by atoms with E-state index in [0.29, 0.717) is 18.0 Å². The van der Waals surface area contributed by atoms with Crippen LogP contribution in [0.3, 0.4) is 0 Å². The largest absolute Gasteiger partial charge is 0.491 e. The van der Waals surface area contributed by atoms with Crippen LogP contribution in [-0.2, 0) is 11.3 Å². The highest BCUT2D eigenvalue weighted by Crippen LogP contribution is 2.19. The van der Waals surface area contributed by atoms with E-state index in [1.807, 2.05) is 4.57 Å². The fraction of sp³-hybridized carbons (Fsp3) is 0.300. The van der Waals surface area contributed by atoms with E-state index in [2.05, 4.69) is 36.3 Å². The lowest BCUT2D eigenvalue weighted by Gasteiger charge is -2.14. The molecule has 0 unspecified atom stereocenters. The van der Waals surface area contributed by atoms with Gasteiger partial charge >= 0.3 is 0 Å². The minimum atomic E-state index is -0.663. The number of carbonyl (C=O) groups excluding carboxylic acids is 1. The summed E-state index contributed by atoms with van der Waals surface area (Å²) in [4.78, 5) is 15.4. The Kier molecular flexibility index (Phi) is 5.23. The number of ether oxygens (including phenoxy) is 1. The monoisotopic (exact) mass is 353 g/mol. The van der Waals surface area contributed by atoms with Crippen LogP contribution in [0.4, 0.5) is 5.69 Å². The summed E-state index contributed by atoms with van der Waals surface area (Å²) in [6.07, 6.45) is 1.08. The summed E-state index contributed by atoms with van der Waals surface area (Å²) in [6, 6.07) is 11.2. The Hall–Kier alpha value is -2.86. The molecule has 6 heteroatoms. The number of aryl methyl sites for hydroxylation is 2. The Morgan fingerprint density at radius 2 is 1.92 bits per heavy atom. The Bertz CT molecular complexity index is 916. The summed E-state index contributed by atoms with van der Waals surface area (Å²) in [7, 11) is 0. The Balaban J connectivity index is 1.60. The molecule has 3 aromatic rings. The van der Waals surface area contributed by atoms with Crippen molar-refractivity contribution in [3.05, 3.63) is 53.9 Å². The first kappa shape index (κ1) is 17.9. The number of rotatable bonds is 6. The Morgan fingerprint density at radius 1 is 1.23 bits per heavy atom. The SMILES string of the molecule is CC(=O)Nc1ccc(OC[C@H](O)Cn2cnc3cc(C)c(C)cc32)cc1. The number of aliphatic hydroxyl groups excluding tert-OH is 1. The van der Waals surface area contributed by atoms with Gasteiger partial charge < -0.3 is 19.7 Å². The van der Waals surface area contributed by atoms with E-state index in [9.17, 15) is 9.90 Å². The van der Waals surface area contributed by atoms with Gasteiger partial charge in [0.1, 0.15) is 18.5 Å². The molecular formula is C20H23N3O3. The van der Waals surface area contributed by atoms with Crippen molar-refractivity contribution in [3.63, 3.8) is 0 Å². The minimum Gasteiger partial charge on any atom is -0.491 e. The molecule has 1 atom stereocenters. The van der Waals surface area contributed by atoms with E-state index in [1.54, 1.807) is 30.6 Å². The highest BCUT2D eigenvalue weighted by molar-refractivity contribution is 5.88. The number of nitrogens with zero attached hydrogens (tertiary/aromatic N) is 2. The molecule has 1 aromatic heterocycles. The quantitative estimate of drug-likeness (QED) is 0.714. The number of aliphatic hydroxyl groups is 1. The molecule has 136 valence electrons. The number of hydrogen-bond acceptors (Lipinski definition) is 4. The average molecular weight is 353 g/mol. The van der Waals surface area contributed by atoms with E-state index in [-0.39, 0.29) is 12.5 Å². The molecule has 0 bridgehead atoms. The zero-order valence-electron chi connectivity index (χ0n) is 15.2. The van der Waals surface area contributed by atoms with Gasteiger partial charge in [-0.1, -0.05) is 0 Å². The fourth-order valence-electron chi connectivity index (χ4n) is 2.77. The van der Waals surface area contributed by atoms with Crippen LogP contribution in [0.15, 0.2) is 42.7 Å². The molecule has 0 aliphatic heterocycles. The molecule has 2 aromatic carbocycles. The first-order valence-electron chi connectivity index (χ1n) is 8.53. The molecule has 3 rings (SSSR count). The normalized spacial score (nSPS) is 12.2. The van der Waals surface area contributed by atoms with Gasteiger partial charge in [0.2, 0.25) is 5.91 Å². The third kappa shape index (κ3) is 4.21. The maximum absolute atomic E-state index is 11.0. The van der Waals surface area contributed by atoms with Crippen molar-refractivity contribution in [3.8, 4) is 5.75 Å². The summed E-state index contributed by atoms with van der Waals surface area (Å²) in [5, 5.41) is 13.0. The van der Waals surface area contributed by atoms with E-state index in [4.69, 9.17) is 4.74 Å². The van der Waals surface area contributed by atoms with Gasteiger partial charge in [-0.2, -0.15) is 0 Å². The average Bonchev–Trinajstić information content (AvgIpc) is 2.96. The summed E-state index contributed by atoms with van der Waals surface area (Å²) >= 11 is 0. The van der Waals surface area contributed by atoms with Crippen LogP contribution in [-0.4, -0.2) is 33.3 Å². The van der Waals surface area contributed by atoms with Crippen molar-refractivity contribution >= 4 is 22.6 Å². The van der Waals surface area contributed by atoms with E-state index < -0.39 is 6.10 Å². The standard InChI is InChI=1S/C20H23N3O3/c1-13-8-19-20(9-14(13)2)23(12-21-19)10-17(25)11-26-18-6-4-16(5-7-18)22-15(3)24/h4-9,12,17,25H,10-11H2,1-3H3,(H,22,24)/t17-/m1/s1. The summed E-state index contributed by atoms with van der Waals surface area (Å²) in [5.74, 6) is 0.521. The van der Waals surface area contributed by atoms with Crippen LogP contribution in [0.5, 0.6) is 5.75 Å². The number of aromatic nitrogens is 2. The summed E-state index contributed by atoms with van der Waals surface area (Å²) in [5.41, 5.74) is 5.04. The second-order valence-electron chi connectivity index (χ2n) is 6.49. The molecule has 0 fully saturated rings. The van der Waals surface area contributed by atoms with Crippen LogP contribution in [0.25, 0.3) is 11.0 Å². The predicted molar refractivity (Wildman–Crippen MR) is 101 cm³/mol. The lowest BCUT2D eigenvalue weighted by Crippen LogP contribution is -2.23. The van der Waals surface area contributed by atoms with E-state index >= 15 is 0 Å². The van der Waals surface area contributed by atoms with Crippen molar-refractivity contribution in [2.75, 3.05) is 11.9 Å². The fourth-order valence-corrected chi connectivity index (χ4v) is 2.77. The van der Waals surface area contributed by atoms with Crippen LogP contribution in [0.1, 0.15) is 18.1 Å². The number of amides is 1. The van der Waals surface area contributed by atoms with Crippen LogP contribution >= 0.6 is 0 Å². The molecule has 0 aliphatic carbocycles. The second kappa shape index (κ2) is 7.58. The van der Waals surface area contributed by atoms with Crippen LogP contribution < -0.4 is 10.1 Å². The molecule has 0 radical (unpaired) electrons. The zero-order chi connectivity index (χ0) is 18.7. The summed E-state index contributed by atoms with van der Waals surface area (Å²) in [6.45, 7) is 6.17. The van der Waals surface area contributed by atoms with Gasteiger partial charge in [0, 0.05) is 12.6 Å². The van der Waals surface area contributed by atoms with Crippen molar-refractivity contribution in [2.45, 2.75) is 33.4 Å². The summed E-state index contributed by atoms with van der Waals surface area (Å²) < 4.78 is 7.58. The number of fused-ring (bicyclic) bond motifs is 1. The van der Waals surface area contributed by atoms with Gasteiger partial charge in [0.05, 0.1) is 23.9 Å². The van der Waals surface area contributed by atoms with E-state index in [1.165, 1.54) is 18.1 Å². The predicted octanol–water partition coefficient (Wildman–Crippen LogP) is 3.05. The van der Waals surface area contributed by atoms with Gasteiger partial charge in [0.25, 0.3) is 0 Å². The number of anilines is 1. The van der Waals surface area contributed by atoms with Crippen molar-refractivity contribution in [2.24, 2.45) is 0 Å². The van der Waals surface area contributed by atoms with Gasteiger partial charge in [0.15, 0.2) is 0 Å². The Morgan fingerprint density at radius 3 is 2.62 bits per heavy atom. The zero-order valence-corrected chi connectivity index (χ0v) is 15.2. The molecule has 1 amide bonds. The van der Waals surface area contributed by atoms with Crippen molar-refractivity contribution in [1.29, 1.82) is 0 Å². The highest BCUT2D eigenvalue weighted by Gasteiger charge is 2.11. The molecule has 26 heavy (non-hydrogen) atoms. The van der Waals surface area contributed by atoms with E-state index in [0.717, 1.165) is 11.0 Å². The minimum absolute atomic E-state index is 0.118.